The van der Waals surface area contributed by atoms with E-state index in [9.17, 15) is 14.4 Å². The fraction of sp³-hybridized carbons (Fsp3) is 0.0789. The highest BCUT2D eigenvalue weighted by molar-refractivity contribution is 6.46. The number of carbonyl (C=O) groups excluding carboxylic acids is 3. The summed E-state index contributed by atoms with van der Waals surface area (Å²) < 4.78 is 17.5. The zero-order valence-corrected chi connectivity index (χ0v) is 25.0. The number of methoxy groups -OCH3 is 1. The monoisotopic (exact) mass is 610 g/mol. The number of para-hydroxylation sites is 2. The maximum absolute atomic E-state index is 13.6. The van der Waals surface area contributed by atoms with Gasteiger partial charge in [-0.25, -0.2) is 14.6 Å². The zero-order valence-electron chi connectivity index (χ0n) is 25.0. The SMILES string of the molecule is COc1cc(COc2ccc(C=C3C(=O)N(c4ccccc4)C(=O)N(c4ccccc4)C3=O)cc2)ccc1OCc1ccccc1. The number of ether oxygens (including phenoxy) is 3. The molecule has 1 fully saturated rings. The van der Waals surface area contributed by atoms with Gasteiger partial charge in [-0.2, -0.15) is 0 Å². The second-order valence-electron chi connectivity index (χ2n) is 10.4. The number of amides is 4. The smallest absolute Gasteiger partial charge is 0.343 e. The summed E-state index contributed by atoms with van der Waals surface area (Å²) >= 11 is 0. The first-order valence-corrected chi connectivity index (χ1v) is 14.6. The van der Waals surface area contributed by atoms with Crippen molar-refractivity contribution in [1.82, 2.24) is 0 Å². The topological polar surface area (TPSA) is 85.4 Å². The van der Waals surface area contributed by atoms with Crippen molar-refractivity contribution in [3.05, 3.63) is 156 Å². The molecule has 1 heterocycles. The molecule has 0 radical (unpaired) electrons. The second-order valence-corrected chi connectivity index (χ2v) is 10.4. The van der Waals surface area contributed by atoms with Crippen LogP contribution in [0.5, 0.6) is 17.2 Å². The van der Waals surface area contributed by atoms with Crippen LogP contribution >= 0.6 is 0 Å². The predicted octanol–water partition coefficient (Wildman–Crippen LogP) is 7.44. The number of hydrogen-bond acceptors (Lipinski definition) is 6. The summed E-state index contributed by atoms with van der Waals surface area (Å²) in [6.45, 7) is 0.713. The molecule has 6 rings (SSSR count). The molecule has 5 aromatic carbocycles. The molecule has 0 aliphatic carbocycles. The first-order valence-electron chi connectivity index (χ1n) is 14.6. The largest absolute Gasteiger partial charge is 0.493 e. The molecule has 0 aromatic heterocycles. The van der Waals surface area contributed by atoms with E-state index in [4.69, 9.17) is 14.2 Å². The van der Waals surface area contributed by atoms with Crippen LogP contribution in [0.3, 0.4) is 0 Å². The van der Waals surface area contributed by atoms with Gasteiger partial charge < -0.3 is 14.2 Å². The number of imide groups is 2. The number of urea groups is 1. The van der Waals surface area contributed by atoms with Crippen molar-refractivity contribution in [2.24, 2.45) is 0 Å². The lowest BCUT2D eigenvalue weighted by Crippen LogP contribution is -2.57. The zero-order chi connectivity index (χ0) is 31.9. The molecule has 8 heteroatoms. The van der Waals surface area contributed by atoms with Crippen molar-refractivity contribution in [2.45, 2.75) is 13.2 Å². The molecule has 5 aromatic rings. The number of barbiturate groups is 1. The van der Waals surface area contributed by atoms with Gasteiger partial charge in [0.15, 0.2) is 11.5 Å². The van der Waals surface area contributed by atoms with Crippen molar-refractivity contribution in [2.75, 3.05) is 16.9 Å². The summed E-state index contributed by atoms with van der Waals surface area (Å²) in [6.07, 6.45) is 1.49. The summed E-state index contributed by atoms with van der Waals surface area (Å²) in [7, 11) is 1.60. The van der Waals surface area contributed by atoms with Crippen LogP contribution in [0, 0.1) is 0 Å². The van der Waals surface area contributed by atoms with Crippen LogP contribution in [0.4, 0.5) is 16.2 Å². The Bertz CT molecular complexity index is 1810. The van der Waals surface area contributed by atoms with E-state index in [-0.39, 0.29) is 12.2 Å². The van der Waals surface area contributed by atoms with Gasteiger partial charge in [-0.05, 0) is 71.3 Å². The van der Waals surface area contributed by atoms with E-state index in [0.29, 0.717) is 40.8 Å². The Kier molecular flexibility index (Phi) is 8.87. The third-order valence-corrected chi connectivity index (χ3v) is 7.34. The van der Waals surface area contributed by atoms with Gasteiger partial charge >= 0.3 is 6.03 Å². The molecular formula is C38H30N2O6. The molecule has 228 valence electrons. The van der Waals surface area contributed by atoms with Crippen molar-refractivity contribution in [1.29, 1.82) is 0 Å². The maximum atomic E-state index is 13.6. The molecule has 0 bridgehead atoms. The number of nitrogens with zero attached hydrogens (tertiary/aromatic N) is 2. The van der Waals surface area contributed by atoms with Gasteiger partial charge in [0.25, 0.3) is 11.8 Å². The maximum Gasteiger partial charge on any atom is 0.343 e. The second kappa shape index (κ2) is 13.7. The van der Waals surface area contributed by atoms with Gasteiger partial charge in [0.1, 0.15) is 24.5 Å². The summed E-state index contributed by atoms with van der Waals surface area (Å²) in [6, 6.07) is 38.9. The summed E-state index contributed by atoms with van der Waals surface area (Å²) in [4.78, 5) is 42.7. The first kappa shape index (κ1) is 29.9. The van der Waals surface area contributed by atoms with Crippen molar-refractivity contribution >= 4 is 35.3 Å². The Morgan fingerprint density at radius 1 is 0.565 bits per heavy atom. The predicted molar refractivity (Wildman–Crippen MR) is 176 cm³/mol. The minimum absolute atomic E-state index is 0.136. The van der Waals surface area contributed by atoms with E-state index < -0.39 is 17.8 Å². The summed E-state index contributed by atoms with van der Waals surface area (Å²) in [5.41, 5.74) is 3.15. The summed E-state index contributed by atoms with van der Waals surface area (Å²) in [5.74, 6) is 0.447. The molecule has 1 saturated heterocycles. The van der Waals surface area contributed by atoms with Crippen LogP contribution in [-0.2, 0) is 22.8 Å². The number of hydrogen-bond donors (Lipinski definition) is 0. The van der Waals surface area contributed by atoms with Gasteiger partial charge in [0.05, 0.1) is 18.5 Å². The molecule has 1 aliphatic rings. The van der Waals surface area contributed by atoms with E-state index in [1.54, 1.807) is 92.0 Å². The molecule has 0 saturated carbocycles. The number of carbonyl (C=O) groups is 3. The van der Waals surface area contributed by atoms with Crippen molar-refractivity contribution in [3.8, 4) is 17.2 Å². The minimum atomic E-state index is -0.735. The van der Waals surface area contributed by atoms with E-state index in [1.807, 2.05) is 48.5 Å². The Hall–Kier alpha value is -6.15. The lowest BCUT2D eigenvalue weighted by Gasteiger charge is -2.33. The number of benzene rings is 5. The molecule has 4 amide bonds. The van der Waals surface area contributed by atoms with E-state index in [0.717, 1.165) is 20.9 Å². The molecule has 46 heavy (non-hydrogen) atoms. The summed E-state index contributed by atoms with van der Waals surface area (Å²) in [5, 5.41) is 0. The van der Waals surface area contributed by atoms with Crippen molar-refractivity contribution < 1.29 is 28.6 Å². The lowest BCUT2D eigenvalue weighted by atomic mass is 10.0. The minimum Gasteiger partial charge on any atom is -0.493 e. The molecule has 8 nitrogen and oxygen atoms in total. The normalized spacial score (nSPS) is 13.1. The van der Waals surface area contributed by atoms with Crippen LogP contribution in [-0.4, -0.2) is 25.0 Å². The molecule has 0 atom stereocenters. The Labute approximate surface area is 266 Å². The van der Waals surface area contributed by atoms with Crippen LogP contribution < -0.4 is 24.0 Å². The van der Waals surface area contributed by atoms with E-state index >= 15 is 0 Å². The molecule has 1 aliphatic heterocycles. The van der Waals surface area contributed by atoms with Crippen LogP contribution in [0.1, 0.15) is 16.7 Å². The van der Waals surface area contributed by atoms with Gasteiger partial charge in [-0.1, -0.05) is 84.9 Å². The van der Waals surface area contributed by atoms with E-state index in [2.05, 4.69) is 0 Å². The third kappa shape index (κ3) is 6.51. The highest BCUT2D eigenvalue weighted by atomic mass is 16.5. The fourth-order valence-corrected chi connectivity index (χ4v) is 4.99. The molecule has 0 unspecified atom stereocenters. The molecule has 0 N–H and O–H groups in total. The Balaban J connectivity index is 1.18. The van der Waals surface area contributed by atoms with E-state index in [1.165, 1.54) is 6.08 Å². The van der Waals surface area contributed by atoms with Crippen LogP contribution in [0.2, 0.25) is 0 Å². The van der Waals surface area contributed by atoms with Gasteiger partial charge in [-0.3, -0.25) is 9.59 Å². The van der Waals surface area contributed by atoms with Gasteiger partial charge in [0, 0.05) is 0 Å². The van der Waals surface area contributed by atoms with Crippen LogP contribution in [0.25, 0.3) is 6.08 Å². The van der Waals surface area contributed by atoms with Crippen LogP contribution in [0.15, 0.2) is 139 Å². The molecular weight excluding hydrogens is 580 g/mol. The number of anilines is 2. The molecule has 0 spiro atoms. The highest BCUT2D eigenvalue weighted by Crippen LogP contribution is 2.31. The average molecular weight is 611 g/mol. The lowest BCUT2D eigenvalue weighted by molar-refractivity contribution is -0.121. The number of rotatable bonds is 10. The Morgan fingerprint density at radius 2 is 1.11 bits per heavy atom. The average Bonchev–Trinajstić information content (AvgIpc) is 3.10. The van der Waals surface area contributed by atoms with Gasteiger partial charge in [0.2, 0.25) is 0 Å². The van der Waals surface area contributed by atoms with Gasteiger partial charge in [-0.15, -0.1) is 0 Å². The van der Waals surface area contributed by atoms with Crippen molar-refractivity contribution in [3.63, 3.8) is 0 Å². The first-order chi connectivity index (χ1) is 22.5. The third-order valence-electron chi connectivity index (χ3n) is 7.34. The highest BCUT2D eigenvalue weighted by Gasteiger charge is 2.43. The Morgan fingerprint density at radius 3 is 1.67 bits per heavy atom. The fourth-order valence-electron chi connectivity index (χ4n) is 4.99. The quantitative estimate of drug-likeness (QED) is 0.121. The standard InChI is InChI=1S/C38H30N2O6/c1-44-35-24-29(19-22-34(35)46-25-28-11-5-2-6-12-28)26-45-32-20-17-27(18-21-32)23-33-36(41)39(30-13-7-3-8-14-30)38(43)40(37(33)42)31-15-9-4-10-16-31/h2-24H,25-26H2,1H3.